The molecule has 0 unspecified atom stereocenters. The summed E-state index contributed by atoms with van der Waals surface area (Å²) in [5.74, 6) is -0.282. The van der Waals surface area contributed by atoms with Gasteiger partial charge in [0.25, 0.3) is 5.91 Å². The van der Waals surface area contributed by atoms with E-state index >= 15 is 0 Å². The Morgan fingerprint density at radius 3 is 2.53 bits per heavy atom. The second-order valence-electron chi connectivity index (χ2n) is 7.09. The number of aromatic nitrogens is 1. The number of halogens is 2. The van der Waals surface area contributed by atoms with Crippen molar-refractivity contribution in [3.8, 4) is 0 Å². The summed E-state index contributed by atoms with van der Waals surface area (Å²) in [5.41, 5.74) is 2.19. The summed E-state index contributed by atoms with van der Waals surface area (Å²) < 4.78 is 7.61. The van der Waals surface area contributed by atoms with E-state index in [2.05, 4.69) is 36.8 Å². The molecule has 0 spiro atoms. The predicted molar refractivity (Wildman–Crippen MR) is 125 cm³/mol. The van der Waals surface area contributed by atoms with Crippen molar-refractivity contribution >= 4 is 65.2 Å². The average molecular weight is 546 g/mol. The van der Waals surface area contributed by atoms with E-state index in [0.717, 1.165) is 25.1 Å². The van der Waals surface area contributed by atoms with Crippen LogP contribution in [0.3, 0.4) is 0 Å². The largest absolute Gasteiger partial charge is 0.450 e. The number of amides is 1. The van der Waals surface area contributed by atoms with Crippen LogP contribution in [0.25, 0.3) is 11.0 Å². The number of thiazole rings is 1. The summed E-state index contributed by atoms with van der Waals surface area (Å²) in [4.78, 5) is 34.2. The molecule has 0 saturated heterocycles. The number of anilines is 1. The molecular weight excluding hydrogens is 532 g/mol. The second kappa shape index (κ2) is 7.14. The van der Waals surface area contributed by atoms with Crippen LogP contribution in [0, 0.1) is 13.8 Å². The normalized spacial score (nSPS) is 15.8. The fraction of sp³-hybridized carbons (Fsp3) is 0.136. The maximum absolute atomic E-state index is 13.5. The van der Waals surface area contributed by atoms with Crippen molar-refractivity contribution in [2.45, 2.75) is 19.9 Å². The Morgan fingerprint density at radius 2 is 1.83 bits per heavy atom. The van der Waals surface area contributed by atoms with Crippen LogP contribution < -0.4 is 10.3 Å². The van der Waals surface area contributed by atoms with Crippen LogP contribution in [0.2, 0.25) is 0 Å². The zero-order valence-corrected chi connectivity index (χ0v) is 19.9. The van der Waals surface area contributed by atoms with Gasteiger partial charge in [-0.1, -0.05) is 44.0 Å². The number of hydrogen-bond acceptors (Lipinski definition) is 5. The van der Waals surface area contributed by atoms with Crippen LogP contribution in [-0.2, 0) is 0 Å². The molecule has 0 bridgehead atoms. The third-order valence-corrected chi connectivity index (χ3v) is 7.28. The van der Waals surface area contributed by atoms with Crippen molar-refractivity contribution in [2.75, 3.05) is 4.90 Å². The third kappa shape index (κ3) is 2.97. The van der Waals surface area contributed by atoms with Crippen molar-refractivity contribution in [1.29, 1.82) is 0 Å². The summed E-state index contributed by atoms with van der Waals surface area (Å²) >= 11 is 8.35. The van der Waals surface area contributed by atoms with Gasteiger partial charge in [0.1, 0.15) is 5.58 Å². The first-order chi connectivity index (χ1) is 14.3. The molecule has 1 amide bonds. The van der Waals surface area contributed by atoms with Crippen LogP contribution in [0.15, 0.2) is 60.6 Å². The molecule has 0 saturated carbocycles. The average Bonchev–Trinajstić information content (AvgIpc) is 3.19. The van der Waals surface area contributed by atoms with Crippen LogP contribution in [0.1, 0.15) is 38.3 Å². The summed E-state index contributed by atoms with van der Waals surface area (Å²) in [5, 5.41) is 0.986. The van der Waals surface area contributed by atoms with Gasteiger partial charge in [-0.3, -0.25) is 14.5 Å². The standard InChI is InChI=1S/C22H14Br2N2O3S/c1-10-11(2)30-22(25-10)26-18(12-4-3-5-13(23)8-12)17-19(27)15-9-14(24)6-7-16(15)29-20(17)21(26)28/h3-9,18H,1-2H3/t18-/m1/s1. The number of aryl methyl sites for hydroxylation is 2. The molecule has 4 aromatic rings. The minimum atomic E-state index is -0.616. The lowest BCUT2D eigenvalue weighted by molar-refractivity contribution is 0.0971. The van der Waals surface area contributed by atoms with Crippen molar-refractivity contribution in [3.63, 3.8) is 0 Å². The third-order valence-electron chi connectivity index (χ3n) is 5.22. The zero-order valence-electron chi connectivity index (χ0n) is 15.9. The highest BCUT2D eigenvalue weighted by atomic mass is 79.9. The molecule has 2 aromatic carbocycles. The van der Waals surface area contributed by atoms with Gasteiger partial charge in [-0.05, 0) is 49.7 Å². The van der Waals surface area contributed by atoms with Gasteiger partial charge in [0.05, 0.1) is 22.7 Å². The number of carbonyl (C=O) groups is 1. The molecule has 2 aromatic heterocycles. The molecule has 0 radical (unpaired) electrons. The highest BCUT2D eigenvalue weighted by molar-refractivity contribution is 9.10. The molecule has 8 heteroatoms. The van der Waals surface area contributed by atoms with Gasteiger partial charge < -0.3 is 4.42 Å². The van der Waals surface area contributed by atoms with Crippen molar-refractivity contribution in [2.24, 2.45) is 0 Å². The molecular formula is C22H14Br2N2O3S. The Hall–Kier alpha value is -2.29. The van der Waals surface area contributed by atoms with E-state index in [-0.39, 0.29) is 17.1 Å². The summed E-state index contributed by atoms with van der Waals surface area (Å²) in [6, 6.07) is 12.2. The minimum absolute atomic E-state index is 0.0744. The zero-order chi connectivity index (χ0) is 21.2. The first-order valence-electron chi connectivity index (χ1n) is 9.14. The highest BCUT2D eigenvalue weighted by Crippen LogP contribution is 2.43. The molecule has 1 aliphatic heterocycles. The van der Waals surface area contributed by atoms with Gasteiger partial charge in [0.2, 0.25) is 5.76 Å². The number of nitrogens with zero attached hydrogens (tertiary/aromatic N) is 2. The lowest BCUT2D eigenvalue weighted by Gasteiger charge is -2.22. The van der Waals surface area contributed by atoms with E-state index in [1.54, 1.807) is 23.1 Å². The van der Waals surface area contributed by atoms with Crippen LogP contribution >= 0.6 is 43.2 Å². The van der Waals surface area contributed by atoms with Crippen molar-refractivity contribution in [3.05, 3.63) is 89.1 Å². The summed E-state index contributed by atoms with van der Waals surface area (Å²) in [6.45, 7) is 3.87. The van der Waals surface area contributed by atoms with Crippen molar-refractivity contribution in [1.82, 2.24) is 4.98 Å². The summed E-state index contributed by atoms with van der Waals surface area (Å²) in [7, 11) is 0. The monoisotopic (exact) mass is 544 g/mol. The molecule has 5 rings (SSSR count). The molecule has 3 heterocycles. The van der Waals surface area contributed by atoms with Gasteiger partial charge >= 0.3 is 0 Å². The second-order valence-corrected chi connectivity index (χ2v) is 10.1. The number of hydrogen-bond donors (Lipinski definition) is 0. The summed E-state index contributed by atoms with van der Waals surface area (Å²) in [6.07, 6.45) is 0. The quantitative estimate of drug-likeness (QED) is 0.303. The van der Waals surface area contributed by atoms with Crippen LogP contribution in [0.5, 0.6) is 0 Å². The van der Waals surface area contributed by atoms with Crippen LogP contribution in [-0.4, -0.2) is 10.9 Å². The van der Waals surface area contributed by atoms with Crippen LogP contribution in [0.4, 0.5) is 5.13 Å². The smallest absolute Gasteiger partial charge is 0.297 e. The van der Waals surface area contributed by atoms with Gasteiger partial charge in [-0.25, -0.2) is 4.98 Å². The van der Waals surface area contributed by atoms with Crippen molar-refractivity contribution < 1.29 is 9.21 Å². The molecule has 0 N–H and O–H groups in total. The predicted octanol–water partition coefficient (Wildman–Crippen LogP) is 6.14. The Bertz CT molecular complexity index is 1390. The Morgan fingerprint density at radius 1 is 1.07 bits per heavy atom. The molecule has 5 nitrogen and oxygen atoms in total. The molecule has 0 aliphatic carbocycles. The first-order valence-corrected chi connectivity index (χ1v) is 11.5. The maximum atomic E-state index is 13.5. The Labute approximate surface area is 192 Å². The van der Waals surface area contributed by atoms with E-state index in [4.69, 9.17) is 4.42 Å². The topological polar surface area (TPSA) is 63.4 Å². The molecule has 150 valence electrons. The van der Waals surface area contributed by atoms with E-state index in [0.29, 0.717) is 21.7 Å². The first kappa shape index (κ1) is 19.7. The molecule has 1 aliphatic rings. The molecule has 0 fully saturated rings. The van der Waals surface area contributed by atoms with Gasteiger partial charge in [0.15, 0.2) is 10.6 Å². The fourth-order valence-corrected chi connectivity index (χ4v) is 5.41. The van der Waals surface area contributed by atoms with E-state index in [1.165, 1.54) is 11.3 Å². The Balaban J connectivity index is 1.84. The lowest BCUT2D eigenvalue weighted by atomic mass is 9.99. The number of fused-ring (bicyclic) bond motifs is 2. The molecule has 1 atom stereocenters. The van der Waals surface area contributed by atoms with Gasteiger partial charge in [-0.15, -0.1) is 11.3 Å². The molecule has 30 heavy (non-hydrogen) atoms. The highest BCUT2D eigenvalue weighted by Gasteiger charge is 2.45. The Kier molecular flexibility index (Phi) is 4.68. The lowest BCUT2D eigenvalue weighted by Crippen LogP contribution is -2.29. The fourth-order valence-electron chi connectivity index (χ4n) is 3.69. The van der Waals surface area contributed by atoms with E-state index < -0.39 is 6.04 Å². The van der Waals surface area contributed by atoms with Gasteiger partial charge in [-0.2, -0.15) is 0 Å². The maximum Gasteiger partial charge on any atom is 0.297 e. The van der Waals surface area contributed by atoms with Gasteiger partial charge in [0, 0.05) is 13.8 Å². The number of benzene rings is 2. The van der Waals surface area contributed by atoms with E-state index in [9.17, 15) is 9.59 Å². The number of carbonyl (C=O) groups excluding carboxylic acids is 1. The minimum Gasteiger partial charge on any atom is -0.450 e. The SMILES string of the molecule is Cc1nc(N2C(=O)c3oc4ccc(Br)cc4c(=O)c3[C@H]2c2cccc(Br)c2)sc1C. The van der Waals surface area contributed by atoms with E-state index in [1.807, 2.05) is 38.1 Å². The number of rotatable bonds is 2.